The van der Waals surface area contributed by atoms with Gasteiger partial charge in [-0.2, -0.15) is 9.97 Å². The minimum absolute atomic E-state index is 0.406. The maximum Gasteiger partial charge on any atom is 0.246 e. The number of aromatic nitrogens is 5. The van der Waals surface area contributed by atoms with Crippen molar-refractivity contribution in [1.29, 1.82) is 0 Å². The van der Waals surface area contributed by atoms with E-state index in [9.17, 15) is 0 Å². The lowest BCUT2D eigenvalue weighted by atomic mass is 10.4. The van der Waals surface area contributed by atoms with Gasteiger partial charge in [-0.25, -0.2) is 4.98 Å². The number of ether oxygens (including phenoxy) is 1. The topological polar surface area (TPSA) is 78.9 Å². The Bertz CT molecular complexity index is 767. The van der Waals surface area contributed by atoms with Crippen molar-refractivity contribution in [2.75, 3.05) is 13.0 Å². The molecule has 8 heteroatoms. The van der Waals surface area contributed by atoms with Crippen LogP contribution in [0, 0.1) is 6.92 Å². The van der Waals surface area contributed by atoms with E-state index in [-0.39, 0.29) is 0 Å². The Morgan fingerprint density at radius 3 is 2.81 bits per heavy atom. The van der Waals surface area contributed by atoms with Gasteiger partial charge in [-0.05, 0) is 13.0 Å². The molecule has 0 saturated carbocycles. The third-order valence-corrected chi connectivity index (χ3v) is 3.22. The molecule has 3 heterocycles. The van der Waals surface area contributed by atoms with Crippen LogP contribution in [-0.4, -0.2) is 37.7 Å². The molecule has 0 radical (unpaired) electrons. The van der Waals surface area contributed by atoms with Gasteiger partial charge in [0.05, 0.1) is 7.11 Å². The molecular weight excluding hydrogens is 294 g/mol. The van der Waals surface area contributed by atoms with E-state index in [0.717, 1.165) is 11.3 Å². The summed E-state index contributed by atoms with van der Waals surface area (Å²) in [6.45, 7) is 2.18. The highest BCUT2D eigenvalue weighted by molar-refractivity contribution is 6.17. The molecule has 0 amide bonds. The third kappa shape index (κ3) is 2.69. The van der Waals surface area contributed by atoms with Crippen molar-refractivity contribution in [2.24, 2.45) is 0 Å². The molecule has 0 aromatic carbocycles. The Morgan fingerprint density at radius 2 is 2.14 bits per heavy atom. The predicted octanol–water partition coefficient (Wildman–Crippen LogP) is 1.96. The maximum atomic E-state index is 5.85. The number of fused-ring (bicyclic) bond motifs is 1. The van der Waals surface area contributed by atoms with Gasteiger partial charge >= 0.3 is 0 Å². The third-order valence-electron chi connectivity index (χ3n) is 3.04. The summed E-state index contributed by atoms with van der Waals surface area (Å²) in [5, 5.41) is 3.80. The number of alkyl halides is 1. The summed E-state index contributed by atoms with van der Waals surface area (Å²) in [5.41, 5.74) is 1.50. The van der Waals surface area contributed by atoms with Gasteiger partial charge in [-0.1, -0.05) is 5.16 Å². The number of methoxy groups -OCH3 is 1. The summed E-state index contributed by atoms with van der Waals surface area (Å²) in [4.78, 5) is 13.2. The summed E-state index contributed by atoms with van der Waals surface area (Å²) >= 11 is 5.85. The summed E-state index contributed by atoms with van der Waals surface area (Å²) in [5.74, 6) is 2.94. The van der Waals surface area contributed by atoms with Crippen LogP contribution in [0.25, 0.3) is 11.2 Å². The van der Waals surface area contributed by atoms with Crippen molar-refractivity contribution < 1.29 is 9.26 Å². The Hall–Kier alpha value is -2.15. The molecule has 21 heavy (non-hydrogen) atoms. The lowest BCUT2D eigenvalue weighted by molar-refractivity contribution is 0.367. The molecule has 0 aliphatic carbocycles. The number of pyridine rings is 1. The first-order valence-corrected chi connectivity index (χ1v) is 7.00. The average molecular weight is 308 g/mol. The van der Waals surface area contributed by atoms with Crippen LogP contribution in [0.3, 0.4) is 0 Å². The molecule has 0 spiro atoms. The lowest BCUT2D eigenvalue weighted by Crippen LogP contribution is -2.07. The molecule has 0 bridgehead atoms. The van der Waals surface area contributed by atoms with E-state index in [0.29, 0.717) is 42.1 Å². The molecule has 110 valence electrons. The SMILES string of the molecule is COc1ccc2nc(CCCl)n(Cc3nc(C)no3)c2n1. The van der Waals surface area contributed by atoms with E-state index < -0.39 is 0 Å². The maximum absolute atomic E-state index is 5.85. The van der Waals surface area contributed by atoms with Crippen molar-refractivity contribution in [1.82, 2.24) is 24.7 Å². The molecule has 0 aliphatic heterocycles. The van der Waals surface area contributed by atoms with Gasteiger partial charge in [0, 0.05) is 18.4 Å². The normalized spacial score (nSPS) is 11.2. The van der Waals surface area contributed by atoms with E-state index in [1.54, 1.807) is 20.1 Å². The first kappa shape index (κ1) is 13.8. The average Bonchev–Trinajstić information content (AvgIpc) is 3.04. The number of halogens is 1. The second kappa shape index (κ2) is 5.69. The van der Waals surface area contributed by atoms with Gasteiger partial charge in [0.15, 0.2) is 11.5 Å². The van der Waals surface area contributed by atoms with Crippen LogP contribution in [0.5, 0.6) is 5.88 Å². The highest BCUT2D eigenvalue weighted by Gasteiger charge is 2.15. The van der Waals surface area contributed by atoms with Crippen LogP contribution in [0.15, 0.2) is 16.7 Å². The number of imidazole rings is 1. The van der Waals surface area contributed by atoms with Crippen LogP contribution >= 0.6 is 11.6 Å². The Morgan fingerprint density at radius 1 is 1.29 bits per heavy atom. The van der Waals surface area contributed by atoms with Gasteiger partial charge in [-0.3, -0.25) is 0 Å². The summed E-state index contributed by atoms with van der Waals surface area (Å²) in [6.07, 6.45) is 0.632. The molecule has 0 unspecified atom stereocenters. The monoisotopic (exact) mass is 307 g/mol. The lowest BCUT2D eigenvalue weighted by Gasteiger charge is -2.05. The zero-order valence-corrected chi connectivity index (χ0v) is 12.5. The molecule has 3 rings (SSSR count). The fraction of sp³-hybridized carbons (Fsp3) is 0.385. The number of hydrogen-bond donors (Lipinski definition) is 0. The predicted molar refractivity (Wildman–Crippen MR) is 76.6 cm³/mol. The number of nitrogens with zero attached hydrogens (tertiary/aromatic N) is 5. The quantitative estimate of drug-likeness (QED) is 0.670. The van der Waals surface area contributed by atoms with E-state index in [2.05, 4.69) is 20.1 Å². The zero-order chi connectivity index (χ0) is 14.8. The van der Waals surface area contributed by atoms with Gasteiger partial charge < -0.3 is 13.8 Å². The fourth-order valence-electron chi connectivity index (χ4n) is 2.13. The summed E-state index contributed by atoms with van der Waals surface area (Å²) in [7, 11) is 1.58. The molecular formula is C13H14ClN5O2. The van der Waals surface area contributed by atoms with Crippen molar-refractivity contribution in [3.05, 3.63) is 29.7 Å². The van der Waals surface area contributed by atoms with Gasteiger partial charge in [0.2, 0.25) is 11.8 Å². The first-order chi connectivity index (χ1) is 10.2. The standard InChI is InChI=1S/C13H14ClN5O2/c1-8-15-12(21-18-8)7-19-10(5-6-14)16-9-3-4-11(20-2)17-13(9)19/h3-4H,5-7H2,1-2H3. The van der Waals surface area contributed by atoms with Crippen LogP contribution in [0.4, 0.5) is 0 Å². The molecule has 3 aromatic heterocycles. The van der Waals surface area contributed by atoms with Crippen LogP contribution in [0.2, 0.25) is 0 Å². The number of hydrogen-bond acceptors (Lipinski definition) is 6. The smallest absolute Gasteiger partial charge is 0.246 e. The molecule has 0 aliphatic rings. The summed E-state index contributed by atoms with van der Waals surface area (Å²) in [6, 6.07) is 3.65. The number of aryl methyl sites for hydroxylation is 2. The highest BCUT2D eigenvalue weighted by Crippen LogP contribution is 2.20. The van der Waals surface area contributed by atoms with Crippen molar-refractivity contribution in [3.8, 4) is 5.88 Å². The highest BCUT2D eigenvalue weighted by atomic mass is 35.5. The van der Waals surface area contributed by atoms with Gasteiger partial charge in [0.1, 0.15) is 17.9 Å². The van der Waals surface area contributed by atoms with Gasteiger partial charge in [0.25, 0.3) is 0 Å². The minimum Gasteiger partial charge on any atom is -0.481 e. The Balaban J connectivity index is 2.09. The zero-order valence-electron chi connectivity index (χ0n) is 11.7. The van der Waals surface area contributed by atoms with E-state index in [4.69, 9.17) is 20.9 Å². The molecule has 7 nitrogen and oxygen atoms in total. The second-order valence-corrected chi connectivity index (χ2v) is 4.86. The largest absolute Gasteiger partial charge is 0.481 e. The molecule has 0 atom stereocenters. The van der Waals surface area contributed by atoms with Gasteiger partial charge in [-0.15, -0.1) is 11.6 Å². The van der Waals surface area contributed by atoms with Crippen LogP contribution in [-0.2, 0) is 13.0 Å². The van der Waals surface area contributed by atoms with E-state index in [1.807, 2.05) is 10.6 Å². The Labute approximate surface area is 125 Å². The first-order valence-electron chi connectivity index (χ1n) is 6.46. The van der Waals surface area contributed by atoms with Crippen molar-refractivity contribution in [2.45, 2.75) is 19.9 Å². The van der Waals surface area contributed by atoms with Crippen LogP contribution in [0.1, 0.15) is 17.5 Å². The number of rotatable bonds is 5. The minimum atomic E-state index is 0.406. The van der Waals surface area contributed by atoms with Crippen LogP contribution < -0.4 is 4.74 Å². The van der Waals surface area contributed by atoms with E-state index >= 15 is 0 Å². The molecule has 0 N–H and O–H groups in total. The summed E-state index contributed by atoms with van der Waals surface area (Å²) < 4.78 is 12.3. The van der Waals surface area contributed by atoms with Crippen molar-refractivity contribution in [3.63, 3.8) is 0 Å². The molecule has 0 saturated heterocycles. The van der Waals surface area contributed by atoms with E-state index in [1.165, 1.54) is 0 Å². The second-order valence-electron chi connectivity index (χ2n) is 4.48. The molecule has 0 fully saturated rings. The Kier molecular flexibility index (Phi) is 3.74. The van der Waals surface area contributed by atoms with Crippen molar-refractivity contribution >= 4 is 22.8 Å². The fourth-order valence-corrected chi connectivity index (χ4v) is 2.29. The molecule has 3 aromatic rings.